The van der Waals surface area contributed by atoms with Crippen molar-refractivity contribution in [3.8, 4) is 0 Å². The molecule has 1 aliphatic carbocycles. The van der Waals surface area contributed by atoms with E-state index < -0.39 is 9.92 Å². The molecule has 5 heteroatoms. The number of rotatable bonds is 3. The van der Waals surface area contributed by atoms with Gasteiger partial charge in [-0.2, -0.15) is 0 Å². The van der Waals surface area contributed by atoms with Gasteiger partial charge in [-0.15, -0.1) is 0 Å². The molecule has 0 aromatic heterocycles. The minimum atomic E-state index is -2.49. The molecule has 0 spiro atoms. The Morgan fingerprint density at radius 3 is 2.59 bits per heavy atom. The van der Waals surface area contributed by atoms with Crippen molar-refractivity contribution in [2.75, 3.05) is 19.8 Å². The van der Waals surface area contributed by atoms with Gasteiger partial charge in [-0.1, -0.05) is 6.07 Å². The van der Waals surface area contributed by atoms with Crippen LogP contribution < -0.4 is 5.73 Å². The first kappa shape index (κ1) is 12.4. The van der Waals surface area contributed by atoms with E-state index in [-0.39, 0.29) is 6.04 Å². The summed E-state index contributed by atoms with van der Waals surface area (Å²) in [6, 6.07) is 7.45. The lowest BCUT2D eigenvalue weighted by molar-refractivity contribution is 0.419. The van der Waals surface area contributed by atoms with Crippen molar-refractivity contribution >= 4 is 15.6 Å². The van der Waals surface area contributed by atoms with E-state index in [4.69, 9.17) is 5.73 Å². The normalized spacial score (nSPS) is 19.7. The lowest BCUT2D eigenvalue weighted by Gasteiger charge is -2.25. The van der Waals surface area contributed by atoms with Crippen LogP contribution in [0.5, 0.6) is 0 Å². The van der Waals surface area contributed by atoms with E-state index in [2.05, 4.69) is 4.36 Å². The first-order chi connectivity index (χ1) is 8.02. The van der Waals surface area contributed by atoms with E-state index in [0.717, 1.165) is 12.8 Å². The summed E-state index contributed by atoms with van der Waals surface area (Å²) >= 11 is 0. The van der Waals surface area contributed by atoms with Crippen LogP contribution in [0, 0.1) is 0 Å². The van der Waals surface area contributed by atoms with Gasteiger partial charge in [0.1, 0.15) is 9.92 Å². The summed E-state index contributed by atoms with van der Waals surface area (Å²) in [6.07, 6.45) is 3.29. The molecule has 1 aromatic carbocycles. The second kappa shape index (κ2) is 4.66. The number of nitrogen functional groups attached to an aromatic ring is 1. The minimum absolute atomic E-state index is 0.242. The first-order valence-corrected chi connectivity index (χ1v) is 7.29. The van der Waals surface area contributed by atoms with Crippen LogP contribution in [0.25, 0.3) is 0 Å². The molecule has 0 amide bonds. The maximum atomic E-state index is 12.9. The summed E-state index contributed by atoms with van der Waals surface area (Å²) in [6.45, 7) is 0. The highest BCUT2D eigenvalue weighted by Crippen LogP contribution is 2.27. The molecule has 1 aromatic rings. The van der Waals surface area contributed by atoms with Crippen LogP contribution in [0.2, 0.25) is 0 Å². The fourth-order valence-corrected chi connectivity index (χ4v) is 3.63. The van der Waals surface area contributed by atoms with Gasteiger partial charge in [-0.05, 0) is 37.5 Å². The highest BCUT2D eigenvalue weighted by molar-refractivity contribution is 7.91. The Kier molecular flexibility index (Phi) is 3.40. The summed E-state index contributed by atoms with van der Waals surface area (Å²) in [5.74, 6) is 0. The van der Waals surface area contributed by atoms with Crippen LogP contribution in [0.1, 0.15) is 19.3 Å². The van der Waals surface area contributed by atoms with Crippen LogP contribution in [-0.2, 0) is 9.92 Å². The lowest BCUT2D eigenvalue weighted by Crippen LogP contribution is -2.26. The highest BCUT2D eigenvalue weighted by atomic mass is 32.2. The van der Waals surface area contributed by atoms with Gasteiger partial charge in [0.2, 0.25) is 0 Å². The number of nitrogens with two attached hydrogens (primary N) is 1. The lowest BCUT2D eigenvalue weighted by atomic mass is 9.95. The third-order valence-electron chi connectivity index (χ3n) is 3.03. The number of benzene rings is 1. The predicted octanol–water partition coefficient (Wildman–Crippen LogP) is 2.12. The van der Waals surface area contributed by atoms with Gasteiger partial charge in [0.25, 0.3) is 0 Å². The fraction of sp³-hybridized carbons (Fsp3) is 0.500. The zero-order chi connectivity index (χ0) is 12.5. The molecule has 2 N–H and O–H groups in total. The smallest absolute Gasteiger partial charge is 0.139 e. The second-order valence-electron chi connectivity index (χ2n) is 4.57. The summed E-state index contributed by atoms with van der Waals surface area (Å²) in [5, 5.41) is 0. The summed E-state index contributed by atoms with van der Waals surface area (Å²) in [7, 11) is 1.11. The van der Waals surface area contributed by atoms with Crippen molar-refractivity contribution in [3.05, 3.63) is 24.3 Å². The maximum absolute atomic E-state index is 12.9. The molecular formula is C12H19N3OS. The molecular weight excluding hydrogens is 234 g/mol. The zero-order valence-corrected chi connectivity index (χ0v) is 11.1. The van der Waals surface area contributed by atoms with E-state index in [1.807, 2.05) is 12.1 Å². The van der Waals surface area contributed by atoms with Crippen molar-refractivity contribution in [2.45, 2.75) is 30.2 Å². The quantitative estimate of drug-likeness (QED) is 0.839. The van der Waals surface area contributed by atoms with Crippen LogP contribution in [0.4, 0.5) is 5.69 Å². The predicted molar refractivity (Wildman–Crippen MR) is 71.0 cm³/mol. The van der Waals surface area contributed by atoms with Gasteiger partial charge < -0.3 is 5.73 Å². The molecule has 17 heavy (non-hydrogen) atoms. The van der Waals surface area contributed by atoms with Crippen molar-refractivity contribution < 1.29 is 4.21 Å². The summed E-state index contributed by atoms with van der Waals surface area (Å²) in [5.41, 5.74) is 6.37. The van der Waals surface area contributed by atoms with Crippen LogP contribution in [0.15, 0.2) is 33.5 Å². The summed E-state index contributed by atoms with van der Waals surface area (Å²) in [4.78, 5) is 0.703. The maximum Gasteiger partial charge on any atom is 0.139 e. The Morgan fingerprint density at radius 2 is 2.12 bits per heavy atom. The van der Waals surface area contributed by atoms with Gasteiger partial charge in [-0.3, -0.25) is 0 Å². The Hall–Kier alpha value is -1.07. The van der Waals surface area contributed by atoms with Crippen LogP contribution in [-0.4, -0.2) is 28.7 Å². The van der Waals surface area contributed by atoms with Crippen LogP contribution >= 0.6 is 0 Å². The Balaban J connectivity index is 2.47. The largest absolute Gasteiger partial charge is 0.399 e. The second-order valence-corrected chi connectivity index (χ2v) is 6.98. The van der Waals surface area contributed by atoms with Crippen molar-refractivity contribution in [1.82, 2.24) is 4.31 Å². The molecule has 0 aliphatic heterocycles. The average molecular weight is 253 g/mol. The molecule has 1 saturated carbocycles. The Morgan fingerprint density at radius 1 is 1.41 bits per heavy atom. The van der Waals surface area contributed by atoms with Crippen molar-refractivity contribution in [2.24, 2.45) is 4.36 Å². The molecule has 0 bridgehead atoms. The standard InChI is InChI=1S/C12H19N3OS/c1-15(2)17(16,14-11-6-4-7-11)12-8-3-5-10(13)9-12/h3,5,8-9,11H,4,6-7,13H2,1-2H3. The van der Waals surface area contributed by atoms with Gasteiger partial charge in [0.15, 0.2) is 0 Å². The van der Waals surface area contributed by atoms with E-state index >= 15 is 0 Å². The average Bonchev–Trinajstić information content (AvgIpc) is 2.23. The molecule has 1 unspecified atom stereocenters. The van der Waals surface area contributed by atoms with Crippen LogP contribution in [0.3, 0.4) is 0 Å². The van der Waals surface area contributed by atoms with E-state index in [1.165, 1.54) is 6.42 Å². The topological polar surface area (TPSA) is 58.7 Å². The molecule has 0 heterocycles. The Bertz CT molecular complexity index is 514. The van der Waals surface area contributed by atoms with Gasteiger partial charge >= 0.3 is 0 Å². The van der Waals surface area contributed by atoms with E-state index in [9.17, 15) is 4.21 Å². The fourth-order valence-electron chi connectivity index (χ4n) is 1.74. The monoisotopic (exact) mass is 253 g/mol. The first-order valence-electron chi connectivity index (χ1n) is 5.82. The van der Waals surface area contributed by atoms with Gasteiger partial charge in [0.05, 0.1) is 10.9 Å². The summed E-state index contributed by atoms with van der Waals surface area (Å²) < 4.78 is 19.2. The minimum Gasteiger partial charge on any atom is -0.399 e. The third-order valence-corrected chi connectivity index (χ3v) is 5.47. The highest BCUT2D eigenvalue weighted by Gasteiger charge is 2.23. The molecule has 94 valence electrons. The van der Waals surface area contributed by atoms with E-state index in [0.29, 0.717) is 10.6 Å². The number of anilines is 1. The molecule has 4 nitrogen and oxygen atoms in total. The SMILES string of the molecule is CN(C)S(=O)(=NC1CCC1)c1cccc(N)c1. The molecule has 1 fully saturated rings. The molecule has 1 atom stereocenters. The van der Waals surface area contributed by atoms with E-state index in [1.54, 1.807) is 30.5 Å². The molecule has 0 saturated heterocycles. The van der Waals surface area contributed by atoms with Crippen molar-refractivity contribution in [1.29, 1.82) is 0 Å². The molecule has 2 rings (SSSR count). The molecule has 0 radical (unpaired) electrons. The number of nitrogens with zero attached hydrogens (tertiary/aromatic N) is 2. The Labute approximate surface area is 103 Å². The number of hydrogen-bond donors (Lipinski definition) is 1. The van der Waals surface area contributed by atoms with Gasteiger partial charge in [0, 0.05) is 19.8 Å². The van der Waals surface area contributed by atoms with Crippen molar-refractivity contribution in [3.63, 3.8) is 0 Å². The third kappa shape index (κ3) is 2.45. The molecule has 1 aliphatic rings. The van der Waals surface area contributed by atoms with Gasteiger partial charge in [-0.25, -0.2) is 12.9 Å². The number of hydrogen-bond acceptors (Lipinski definition) is 3. The zero-order valence-electron chi connectivity index (χ0n) is 10.3.